The van der Waals surface area contributed by atoms with Gasteiger partial charge in [0.1, 0.15) is 5.75 Å². The van der Waals surface area contributed by atoms with Crippen molar-refractivity contribution >= 4 is 18.4 Å². The highest BCUT2D eigenvalue weighted by atomic mass is 35.5. The zero-order chi connectivity index (χ0) is 11.5. The highest BCUT2D eigenvalue weighted by molar-refractivity contribution is 5.85. The van der Waals surface area contributed by atoms with Crippen molar-refractivity contribution < 1.29 is 9.53 Å². The van der Waals surface area contributed by atoms with Crippen LogP contribution in [0.25, 0.3) is 0 Å². The zero-order valence-electron chi connectivity index (χ0n) is 9.89. The Labute approximate surface area is 108 Å². The number of rotatable bonds is 4. The molecule has 0 saturated heterocycles. The van der Waals surface area contributed by atoms with Crippen molar-refractivity contribution in [2.45, 2.75) is 32.2 Å². The minimum Gasteiger partial charge on any atom is -0.427 e. The summed E-state index contributed by atoms with van der Waals surface area (Å²) in [6, 6.07) is 7.57. The molecule has 0 aromatic heterocycles. The van der Waals surface area contributed by atoms with Crippen LogP contribution in [0.4, 0.5) is 0 Å². The molecule has 1 aromatic rings. The molecule has 2 N–H and O–H groups in total. The molecular weight excluding hydrogens is 238 g/mol. The number of hydrogen-bond donors (Lipinski definition) is 1. The van der Waals surface area contributed by atoms with Gasteiger partial charge in [0.2, 0.25) is 0 Å². The molecule has 0 spiro atoms. The molecule has 1 aromatic carbocycles. The standard InChI is InChI=1S/C13H17NO2.ClH/c1-9(15)16-12-6-4-11(5-7-12)13(14)8-10-2-3-10;/h4-7,10,13H,2-3,8,14H2,1H3;1H/t13-;/m0./s1. The van der Waals surface area contributed by atoms with Crippen LogP contribution in [0.3, 0.4) is 0 Å². The van der Waals surface area contributed by atoms with E-state index in [4.69, 9.17) is 10.5 Å². The summed E-state index contributed by atoms with van der Waals surface area (Å²) < 4.78 is 4.96. The summed E-state index contributed by atoms with van der Waals surface area (Å²) >= 11 is 0. The summed E-state index contributed by atoms with van der Waals surface area (Å²) in [6.45, 7) is 1.40. The Balaban J connectivity index is 0.00000144. The molecule has 0 bridgehead atoms. The van der Waals surface area contributed by atoms with Gasteiger partial charge < -0.3 is 10.5 Å². The molecule has 1 aliphatic rings. The second-order valence-corrected chi connectivity index (χ2v) is 4.45. The van der Waals surface area contributed by atoms with Crippen molar-refractivity contribution in [1.82, 2.24) is 0 Å². The van der Waals surface area contributed by atoms with E-state index in [0.29, 0.717) is 5.75 Å². The normalized spacial score (nSPS) is 15.9. The largest absolute Gasteiger partial charge is 0.427 e. The number of carbonyl (C=O) groups excluding carboxylic acids is 1. The van der Waals surface area contributed by atoms with Crippen molar-refractivity contribution in [2.24, 2.45) is 11.7 Å². The fraction of sp³-hybridized carbons (Fsp3) is 0.462. The zero-order valence-corrected chi connectivity index (χ0v) is 10.7. The van der Waals surface area contributed by atoms with Gasteiger partial charge >= 0.3 is 5.97 Å². The summed E-state index contributed by atoms with van der Waals surface area (Å²) in [6.07, 6.45) is 3.70. The average Bonchev–Trinajstić information content (AvgIpc) is 3.01. The summed E-state index contributed by atoms with van der Waals surface area (Å²) in [7, 11) is 0. The lowest BCUT2D eigenvalue weighted by atomic mass is 10.0. The quantitative estimate of drug-likeness (QED) is 0.665. The molecule has 1 fully saturated rings. The molecule has 4 heteroatoms. The molecular formula is C13H18ClNO2. The van der Waals surface area contributed by atoms with Crippen LogP contribution in [-0.2, 0) is 4.79 Å². The van der Waals surface area contributed by atoms with Crippen LogP contribution in [0.5, 0.6) is 5.75 Å². The highest BCUT2D eigenvalue weighted by Gasteiger charge is 2.24. The van der Waals surface area contributed by atoms with Gasteiger partial charge in [0.25, 0.3) is 0 Å². The molecule has 94 valence electrons. The first-order valence-corrected chi connectivity index (χ1v) is 5.69. The molecule has 0 heterocycles. The predicted octanol–water partition coefficient (Wildman–Crippen LogP) is 2.83. The molecule has 2 rings (SSSR count). The van der Waals surface area contributed by atoms with Crippen LogP contribution >= 0.6 is 12.4 Å². The summed E-state index contributed by atoms with van der Waals surface area (Å²) in [5, 5.41) is 0. The summed E-state index contributed by atoms with van der Waals surface area (Å²) in [4.78, 5) is 10.7. The van der Waals surface area contributed by atoms with E-state index in [1.807, 2.05) is 12.1 Å². The second-order valence-electron chi connectivity index (χ2n) is 4.45. The molecule has 0 unspecified atom stereocenters. The van der Waals surface area contributed by atoms with Gasteiger partial charge in [-0.3, -0.25) is 4.79 Å². The fourth-order valence-electron chi connectivity index (χ4n) is 1.80. The van der Waals surface area contributed by atoms with Gasteiger partial charge in [0.15, 0.2) is 0 Å². The molecule has 0 aliphatic heterocycles. The van der Waals surface area contributed by atoms with Crippen LogP contribution in [0.1, 0.15) is 37.8 Å². The molecule has 3 nitrogen and oxygen atoms in total. The second kappa shape index (κ2) is 6.03. The Morgan fingerprint density at radius 1 is 1.41 bits per heavy atom. The molecule has 1 saturated carbocycles. The number of benzene rings is 1. The van der Waals surface area contributed by atoms with Gasteiger partial charge in [-0.15, -0.1) is 12.4 Å². The van der Waals surface area contributed by atoms with Crippen LogP contribution in [0.2, 0.25) is 0 Å². The van der Waals surface area contributed by atoms with Crippen LogP contribution in [0.15, 0.2) is 24.3 Å². The van der Waals surface area contributed by atoms with Gasteiger partial charge in [-0.2, -0.15) is 0 Å². The van der Waals surface area contributed by atoms with E-state index in [2.05, 4.69) is 0 Å². The number of esters is 1. The van der Waals surface area contributed by atoms with E-state index < -0.39 is 0 Å². The molecule has 1 atom stereocenters. The number of ether oxygens (including phenoxy) is 1. The van der Waals surface area contributed by atoms with E-state index in [9.17, 15) is 4.79 Å². The Kier molecular flexibility index (Phi) is 4.97. The Morgan fingerprint density at radius 3 is 2.47 bits per heavy atom. The molecule has 1 aliphatic carbocycles. The topological polar surface area (TPSA) is 52.3 Å². The minimum atomic E-state index is -0.296. The predicted molar refractivity (Wildman–Crippen MR) is 69.3 cm³/mol. The SMILES string of the molecule is CC(=O)Oc1ccc([C@@H](N)CC2CC2)cc1.Cl. The van der Waals surface area contributed by atoms with Gasteiger partial charge in [0.05, 0.1) is 0 Å². The first-order chi connectivity index (χ1) is 7.65. The first-order valence-electron chi connectivity index (χ1n) is 5.69. The monoisotopic (exact) mass is 255 g/mol. The smallest absolute Gasteiger partial charge is 0.308 e. The van der Waals surface area contributed by atoms with Gasteiger partial charge in [-0.25, -0.2) is 0 Å². The van der Waals surface area contributed by atoms with Gasteiger partial charge in [-0.05, 0) is 30.0 Å². The van der Waals surface area contributed by atoms with E-state index >= 15 is 0 Å². The van der Waals surface area contributed by atoms with E-state index in [0.717, 1.165) is 17.9 Å². The lowest BCUT2D eigenvalue weighted by Crippen LogP contribution is -2.11. The molecule has 17 heavy (non-hydrogen) atoms. The van der Waals surface area contributed by atoms with Crippen LogP contribution < -0.4 is 10.5 Å². The minimum absolute atomic E-state index is 0. The van der Waals surface area contributed by atoms with E-state index in [1.54, 1.807) is 12.1 Å². The van der Waals surface area contributed by atoms with Gasteiger partial charge in [0, 0.05) is 13.0 Å². The third-order valence-electron chi connectivity index (χ3n) is 2.85. The van der Waals surface area contributed by atoms with E-state index in [1.165, 1.54) is 19.8 Å². The molecule has 0 amide bonds. The average molecular weight is 256 g/mol. The number of hydrogen-bond acceptors (Lipinski definition) is 3. The number of nitrogens with two attached hydrogens (primary N) is 1. The highest BCUT2D eigenvalue weighted by Crippen LogP contribution is 2.36. The van der Waals surface area contributed by atoms with Crippen LogP contribution in [0, 0.1) is 5.92 Å². The summed E-state index contributed by atoms with van der Waals surface area (Å²) in [5.74, 6) is 1.10. The Hall–Kier alpha value is -1.06. The van der Waals surface area contributed by atoms with Crippen molar-refractivity contribution in [3.63, 3.8) is 0 Å². The van der Waals surface area contributed by atoms with Crippen molar-refractivity contribution in [2.75, 3.05) is 0 Å². The fourth-order valence-corrected chi connectivity index (χ4v) is 1.80. The van der Waals surface area contributed by atoms with Crippen LogP contribution in [-0.4, -0.2) is 5.97 Å². The number of halogens is 1. The van der Waals surface area contributed by atoms with Crippen molar-refractivity contribution in [3.05, 3.63) is 29.8 Å². The number of carbonyl (C=O) groups is 1. The molecule has 0 radical (unpaired) electrons. The summed E-state index contributed by atoms with van der Waals surface area (Å²) in [5.41, 5.74) is 7.19. The maximum absolute atomic E-state index is 10.7. The third-order valence-corrected chi connectivity index (χ3v) is 2.85. The van der Waals surface area contributed by atoms with Crippen molar-refractivity contribution in [1.29, 1.82) is 0 Å². The lowest BCUT2D eigenvalue weighted by molar-refractivity contribution is -0.131. The lowest BCUT2D eigenvalue weighted by Gasteiger charge is -2.11. The Morgan fingerprint density at radius 2 is 2.00 bits per heavy atom. The van der Waals surface area contributed by atoms with Crippen molar-refractivity contribution in [3.8, 4) is 5.75 Å². The maximum Gasteiger partial charge on any atom is 0.308 e. The third kappa shape index (κ3) is 4.36. The Bertz CT molecular complexity index is 374. The van der Waals surface area contributed by atoms with Gasteiger partial charge in [-0.1, -0.05) is 25.0 Å². The van der Waals surface area contributed by atoms with E-state index in [-0.39, 0.29) is 24.4 Å². The first kappa shape index (κ1) is 14.0. The maximum atomic E-state index is 10.7.